The van der Waals surface area contributed by atoms with Crippen molar-refractivity contribution in [1.29, 1.82) is 0 Å². The minimum absolute atomic E-state index is 0. The molecule has 126 valence electrons. The van der Waals surface area contributed by atoms with E-state index in [9.17, 15) is 8.42 Å². The molecule has 1 aliphatic rings. The third-order valence-corrected chi connectivity index (χ3v) is 4.37. The van der Waals surface area contributed by atoms with E-state index in [2.05, 4.69) is 26.9 Å². The lowest BCUT2D eigenvalue weighted by Gasteiger charge is -2.34. The maximum Gasteiger partial charge on any atom is 0.209 e. The van der Waals surface area contributed by atoms with Gasteiger partial charge in [-0.25, -0.2) is 13.1 Å². The van der Waals surface area contributed by atoms with Crippen LogP contribution in [0.15, 0.2) is 4.99 Å². The van der Waals surface area contributed by atoms with Crippen LogP contribution in [0.1, 0.15) is 33.6 Å². The predicted molar refractivity (Wildman–Crippen MR) is 98.8 cm³/mol. The largest absolute Gasteiger partial charge is 0.354 e. The average molecular weight is 432 g/mol. The van der Waals surface area contributed by atoms with Crippen molar-refractivity contribution < 1.29 is 8.42 Å². The van der Waals surface area contributed by atoms with Gasteiger partial charge in [0.1, 0.15) is 0 Å². The van der Waals surface area contributed by atoms with E-state index in [4.69, 9.17) is 0 Å². The molecule has 0 radical (unpaired) electrons. The number of piperidine rings is 1. The number of guanidine groups is 1. The Labute approximate surface area is 146 Å². The van der Waals surface area contributed by atoms with Crippen LogP contribution in [0.3, 0.4) is 0 Å². The lowest BCUT2D eigenvalue weighted by molar-refractivity contribution is 0.271. The van der Waals surface area contributed by atoms with Crippen molar-refractivity contribution in [3.63, 3.8) is 0 Å². The summed E-state index contributed by atoms with van der Waals surface area (Å²) in [6.45, 7) is 8.48. The highest BCUT2D eigenvalue weighted by Gasteiger charge is 2.24. The monoisotopic (exact) mass is 432 g/mol. The van der Waals surface area contributed by atoms with E-state index in [1.54, 1.807) is 7.05 Å². The molecule has 2 N–H and O–H groups in total. The molecular weight excluding hydrogens is 403 g/mol. The van der Waals surface area contributed by atoms with Crippen molar-refractivity contribution in [2.24, 2.45) is 10.9 Å². The third kappa shape index (κ3) is 8.20. The molecule has 0 bridgehead atoms. The lowest BCUT2D eigenvalue weighted by atomic mass is 9.99. The highest BCUT2D eigenvalue weighted by molar-refractivity contribution is 14.0. The van der Waals surface area contributed by atoms with Gasteiger partial charge in [0.05, 0.1) is 6.26 Å². The predicted octanol–water partition coefficient (Wildman–Crippen LogP) is 1.24. The zero-order chi connectivity index (χ0) is 15.4. The van der Waals surface area contributed by atoms with E-state index in [0.29, 0.717) is 6.54 Å². The number of nitrogens with one attached hydrogen (secondary N) is 2. The van der Waals surface area contributed by atoms with Crippen LogP contribution in [0.4, 0.5) is 0 Å². The summed E-state index contributed by atoms with van der Waals surface area (Å²) < 4.78 is 25.3. The van der Waals surface area contributed by atoms with Gasteiger partial charge in [0.15, 0.2) is 5.96 Å². The van der Waals surface area contributed by atoms with Gasteiger partial charge in [-0.1, -0.05) is 6.92 Å². The van der Waals surface area contributed by atoms with Gasteiger partial charge in [-0.15, -0.1) is 24.0 Å². The summed E-state index contributed by atoms with van der Waals surface area (Å²) in [6.07, 6.45) is 3.52. The Balaban J connectivity index is 0.00000400. The van der Waals surface area contributed by atoms with Gasteiger partial charge in [0.2, 0.25) is 10.0 Å². The Morgan fingerprint density at radius 1 is 1.33 bits per heavy atom. The molecule has 8 heteroatoms. The summed E-state index contributed by atoms with van der Waals surface area (Å²) in [5, 5.41) is 3.27. The smallest absolute Gasteiger partial charge is 0.209 e. The number of rotatable bonds is 4. The molecule has 0 amide bonds. The first-order valence-corrected chi connectivity index (χ1v) is 8.96. The van der Waals surface area contributed by atoms with Crippen molar-refractivity contribution in [3.8, 4) is 0 Å². The van der Waals surface area contributed by atoms with Crippen LogP contribution in [0, 0.1) is 5.92 Å². The van der Waals surface area contributed by atoms with E-state index >= 15 is 0 Å². The number of hydrogen-bond acceptors (Lipinski definition) is 3. The molecule has 0 atom stereocenters. The Morgan fingerprint density at radius 2 is 1.86 bits per heavy atom. The first-order chi connectivity index (χ1) is 9.13. The maximum atomic E-state index is 11.3. The van der Waals surface area contributed by atoms with Crippen molar-refractivity contribution in [2.75, 3.05) is 32.9 Å². The van der Waals surface area contributed by atoms with E-state index in [0.717, 1.165) is 25.0 Å². The van der Waals surface area contributed by atoms with Gasteiger partial charge in [-0.2, -0.15) is 0 Å². The molecule has 0 spiro atoms. The Bertz CT molecular complexity index is 443. The molecule has 0 aromatic carbocycles. The average Bonchev–Trinajstić information content (AvgIpc) is 2.29. The van der Waals surface area contributed by atoms with Gasteiger partial charge in [0, 0.05) is 32.2 Å². The van der Waals surface area contributed by atoms with Crippen molar-refractivity contribution >= 4 is 40.0 Å². The van der Waals surface area contributed by atoms with Gasteiger partial charge in [-0.3, -0.25) is 4.99 Å². The fourth-order valence-corrected chi connectivity index (χ4v) is 3.47. The molecule has 1 saturated heterocycles. The SMILES string of the molecule is CN=C(NCC(C)(C)NS(C)(=O)=O)N1CCC(C)CC1.I. The first-order valence-electron chi connectivity index (χ1n) is 7.07. The van der Waals surface area contributed by atoms with Crippen LogP contribution >= 0.6 is 24.0 Å². The van der Waals surface area contributed by atoms with Crippen LogP contribution < -0.4 is 10.0 Å². The molecule has 1 heterocycles. The standard InChI is InChI=1S/C13H28N4O2S.HI/c1-11-6-8-17(9-7-11)12(14-4)15-10-13(2,3)16-20(5,18)19;/h11,16H,6-10H2,1-5H3,(H,14,15);1H. The Morgan fingerprint density at radius 3 is 2.29 bits per heavy atom. The van der Waals surface area contributed by atoms with Crippen LogP contribution in [0.2, 0.25) is 0 Å². The molecule has 6 nitrogen and oxygen atoms in total. The zero-order valence-electron chi connectivity index (χ0n) is 13.6. The molecule has 0 aliphatic carbocycles. The summed E-state index contributed by atoms with van der Waals surface area (Å²) in [7, 11) is -1.45. The summed E-state index contributed by atoms with van der Waals surface area (Å²) in [5.74, 6) is 1.62. The summed E-state index contributed by atoms with van der Waals surface area (Å²) in [4.78, 5) is 6.52. The Kier molecular flexibility index (Phi) is 8.48. The highest BCUT2D eigenvalue weighted by Crippen LogP contribution is 2.16. The van der Waals surface area contributed by atoms with Gasteiger partial charge >= 0.3 is 0 Å². The van der Waals surface area contributed by atoms with Crippen molar-refractivity contribution in [2.45, 2.75) is 39.2 Å². The summed E-state index contributed by atoms with van der Waals surface area (Å²) >= 11 is 0. The number of halogens is 1. The first kappa shape index (κ1) is 20.9. The fraction of sp³-hybridized carbons (Fsp3) is 0.923. The highest BCUT2D eigenvalue weighted by atomic mass is 127. The van der Waals surface area contributed by atoms with E-state index < -0.39 is 15.6 Å². The van der Waals surface area contributed by atoms with E-state index in [-0.39, 0.29) is 24.0 Å². The van der Waals surface area contributed by atoms with Crippen molar-refractivity contribution in [1.82, 2.24) is 14.9 Å². The molecule has 1 fully saturated rings. The zero-order valence-corrected chi connectivity index (χ0v) is 16.8. The quantitative estimate of drug-likeness (QED) is 0.398. The number of likely N-dealkylation sites (tertiary alicyclic amines) is 1. The summed E-state index contributed by atoms with van der Waals surface area (Å²) in [5.41, 5.74) is -0.549. The summed E-state index contributed by atoms with van der Waals surface area (Å²) in [6, 6.07) is 0. The second-order valence-corrected chi connectivity index (χ2v) is 8.08. The normalized spacial score (nSPS) is 18.3. The second-order valence-electron chi connectivity index (χ2n) is 6.33. The minimum Gasteiger partial charge on any atom is -0.354 e. The van der Waals surface area contributed by atoms with Crippen LogP contribution in [0.5, 0.6) is 0 Å². The molecule has 1 aliphatic heterocycles. The molecule has 21 heavy (non-hydrogen) atoms. The Hall–Kier alpha value is -0.0900. The third-order valence-electron chi connectivity index (χ3n) is 3.45. The molecule has 0 aromatic heterocycles. The van der Waals surface area contributed by atoms with Gasteiger partial charge in [-0.05, 0) is 32.6 Å². The molecule has 0 unspecified atom stereocenters. The van der Waals surface area contributed by atoms with Crippen LogP contribution in [0.25, 0.3) is 0 Å². The molecule has 0 saturated carbocycles. The molecule has 1 rings (SSSR count). The number of nitrogens with zero attached hydrogens (tertiary/aromatic N) is 2. The number of hydrogen-bond donors (Lipinski definition) is 2. The van der Waals surface area contributed by atoms with Crippen LogP contribution in [-0.2, 0) is 10.0 Å². The van der Waals surface area contributed by atoms with Gasteiger partial charge in [0.25, 0.3) is 0 Å². The van der Waals surface area contributed by atoms with Crippen LogP contribution in [-0.4, -0.2) is 57.8 Å². The fourth-order valence-electron chi connectivity index (χ4n) is 2.39. The van der Waals surface area contributed by atoms with Gasteiger partial charge < -0.3 is 10.2 Å². The minimum atomic E-state index is -3.21. The lowest BCUT2D eigenvalue weighted by Crippen LogP contribution is -2.54. The number of aliphatic imine (C=N–C) groups is 1. The van der Waals surface area contributed by atoms with E-state index in [1.165, 1.54) is 19.1 Å². The topological polar surface area (TPSA) is 73.8 Å². The van der Waals surface area contributed by atoms with E-state index in [1.807, 2.05) is 13.8 Å². The maximum absolute atomic E-state index is 11.3. The molecular formula is C13H29IN4O2S. The van der Waals surface area contributed by atoms with Crippen molar-refractivity contribution in [3.05, 3.63) is 0 Å². The second kappa shape index (κ2) is 8.52. The molecule has 0 aromatic rings. The number of sulfonamides is 1.